The molecule has 0 saturated heterocycles. The van der Waals surface area contributed by atoms with Crippen molar-refractivity contribution in [3.8, 4) is 0 Å². The van der Waals surface area contributed by atoms with Crippen LogP contribution in [0.25, 0.3) is 0 Å². The second kappa shape index (κ2) is 16.5. The molecule has 100 valence electrons. The highest BCUT2D eigenvalue weighted by Gasteiger charge is 2.00. The zero-order valence-corrected chi connectivity index (χ0v) is 9.80. The number of hydroxylamine groups is 1. The van der Waals surface area contributed by atoms with Gasteiger partial charge in [0.1, 0.15) is 0 Å². The van der Waals surface area contributed by atoms with Crippen LogP contribution in [0.4, 0.5) is 0 Å². The number of primary amides is 1. The molecular weight excluding hydrogens is 232 g/mol. The van der Waals surface area contributed by atoms with E-state index < -0.39 is 17.8 Å². The molecule has 0 radical (unpaired) electrons. The smallest absolute Gasteiger partial charge is 0.327 e. The highest BCUT2D eigenvalue weighted by Crippen LogP contribution is 1.84. The average molecular weight is 250 g/mol. The molecule has 0 fully saturated rings. The molecule has 0 aliphatic heterocycles. The van der Waals surface area contributed by atoms with Gasteiger partial charge in [-0.3, -0.25) is 14.8 Å². The molecule has 0 aromatic carbocycles. The number of aliphatic carboxylic acids is 1. The summed E-state index contributed by atoms with van der Waals surface area (Å²) in [7, 11) is 3.25. The predicted molar refractivity (Wildman–Crippen MR) is 59.1 cm³/mol. The summed E-state index contributed by atoms with van der Waals surface area (Å²) in [4.78, 5) is 29.4. The van der Waals surface area contributed by atoms with E-state index in [1.165, 1.54) is 5.48 Å². The average Bonchev–Trinajstić information content (AvgIpc) is 2.27. The largest absolute Gasteiger partial charge is 0.478 e. The third kappa shape index (κ3) is 41.0. The maximum atomic E-state index is 10.1. The van der Waals surface area contributed by atoms with Gasteiger partial charge in [0, 0.05) is 33.1 Å². The van der Waals surface area contributed by atoms with E-state index in [2.05, 4.69) is 11.3 Å². The molecule has 2 amide bonds. The fourth-order valence-electron chi connectivity index (χ4n) is 0.293. The lowest BCUT2D eigenvalue weighted by atomic mass is 10.3. The number of nitrogens with two attached hydrogens (primary N) is 1. The minimum absolute atomic E-state index is 0.0353. The zero-order chi connectivity index (χ0) is 14.3. The first kappa shape index (κ1) is 20.5. The van der Waals surface area contributed by atoms with E-state index in [4.69, 9.17) is 16.0 Å². The van der Waals surface area contributed by atoms with E-state index in [-0.39, 0.29) is 12.8 Å². The molecule has 0 rings (SSSR count). The van der Waals surface area contributed by atoms with Gasteiger partial charge in [0.15, 0.2) is 0 Å². The van der Waals surface area contributed by atoms with Crippen molar-refractivity contribution in [2.45, 2.75) is 12.8 Å². The molecule has 0 aromatic rings. The van der Waals surface area contributed by atoms with Crippen LogP contribution >= 0.6 is 0 Å². The van der Waals surface area contributed by atoms with Gasteiger partial charge in [0.25, 0.3) is 0 Å². The SMILES string of the molecule is C=CC(=O)O.COC.NC(=O)CCC(=O)NO. The minimum Gasteiger partial charge on any atom is -0.478 e. The van der Waals surface area contributed by atoms with E-state index >= 15 is 0 Å². The number of carbonyl (C=O) groups excluding carboxylic acids is 2. The number of ether oxygens (including phenoxy) is 1. The monoisotopic (exact) mass is 250 g/mol. The third-order valence-corrected chi connectivity index (χ3v) is 0.898. The van der Waals surface area contributed by atoms with E-state index in [1.54, 1.807) is 14.2 Å². The first-order chi connectivity index (χ1) is 7.85. The number of hydrogen-bond acceptors (Lipinski definition) is 5. The summed E-state index contributed by atoms with van der Waals surface area (Å²) < 4.78 is 4.25. The van der Waals surface area contributed by atoms with Gasteiger partial charge < -0.3 is 15.6 Å². The van der Waals surface area contributed by atoms with Crippen LogP contribution in [0.15, 0.2) is 12.7 Å². The van der Waals surface area contributed by atoms with E-state index in [1.807, 2.05) is 0 Å². The lowest BCUT2D eigenvalue weighted by Gasteiger charge is -1.92. The molecule has 0 heterocycles. The van der Waals surface area contributed by atoms with Crippen molar-refractivity contribution in [2.24, 2.45) is 5.73 Å². The van der Waals surface area contributed by atoms with Gasteiger partial charge in [-0.15, -0.1) is 0 Å². The minimum atomic E-state index is -0.981. The summed E-state index contributed by atoms with van der Waals surface area (Å²) in [6, 6.07) is 0. The van der Waals surface area contributed by atoms with Crippen molar-refractivity contribution in [1.29, 1.82) is 0 Å². The molecule has 0 atom stereocenters. The van der Waals surface area contributed by atoms with Crippen LogP contribution in [-0.2, 0) is 19.1 Å². The molecule has 0 saturated carbocycles. The van der Waals surface area contributed by atoms with Gasteiger partial charge in [-0.25, -0.2) is 10.3 Å². The highest BCUT2D eigenvalue weighted by atomic mass is 16.5. The lowest BCUT2D eigenvalue weighted by molar-refractivity contribution is -0.131. The first-order valence-corrected chi connectivity index (χ1v) is 4.32. The van der Waals surface area contributed by atoms with Crippen molar-refractivity contribution in [3.63, 3.8) is 0 Å². The Morgan fingerprint density at radius 2 is 1.71 bits per heavy atom. The van der Waals surface area contributed by atoms with Gasteiger partial charge in [-0.05, 0) is 0 Å². The molecule has 5 N–H and O–H groups in total. The van der Waals surface area contributed by atoms with Crippen molar-refractivity contribution in [1.82, 2.24) is 5.48 Å². The Morgan fingerprint density at radius 1 is 1.35 bits per heavy atom. The van der Waals surface area contributed by atoms with Crippen LogP contribution in [0, 0.1) is 0 Å². The van der Waals surface area contributed by atoms with Crippen molar-refractivity contribution in [2.75, 3.05) is 14.2 Å². The Kier molecular flexibility index (Phi) is 19.9. The maximum absolute atomic E-state index is 10.1. The van der Waals surface area contributed by atoms with E-state index in [0.29, 0.717) is 0 Å². The summed E-state index contributed by atoms with van der Waals surface area (Å²) in [5, 5.41) is 15.5. The number of carboxylic acids is 1. The van der Waals surface area contributed by atoms with Crippen LogP contribution in [0.2, 0.25) is 0 Å². The Bertz CT molecular complexity index is 242. The Morgan fingerprint density at radius 3 is 1.88 bits per heavy atom. The van der Waals surface area contributed by atoms with Crippen molar-refractivity contribution < 1.29 is 29.4 Å². The lowest BCUT2D eigenvalue weighted by Crippen LogP contribution is -2.21. The van der Waals surface area contributed by atoms with Gasteiger partial charge in [0.2, 0.25) is 11.8 Å². The highest BCUT2D eigenvalue weighted by molar-refractivity contribution is 5.82. The Balaban J connectivity index is -0.000000207. The van der Waals surface area contributed by atoms with Crippen LogP contribution in [-0.4, -0.2) is 42.3 Å². The number of rotatable bonds is 4. The Hall–Kier alpha value is -1.93. The molecule has 0 aromatic heterocycles. The van der Waals surface area contributed by atoms with Gasteiger partial charge in [-0.2, -0.15) is 0 Å². The number of hydrogen-bond donors (Lipinski definition) is 4. The summed E-state index contributed by atoms with van der Waals surface area (Å²) in [5.41, 5.74) is 6.07. The summed E-state index contributed by atoms with van der Waals surface area (Å²) in [6.07, 6.45) is 0.734. The van der Waals surface area contributed by atoms with Gasteiger partial charge in [0.05, 0.1) is 0 Å². The van der Waals surface area contributed by atoms with Crippen molar-refractivity contribution >= 4 is 17.8 Å². The van der Waals surface area contributed by atoms with Crippen LogP contribution in [0.5, 0.6) is 0 Å². The van der Waals surface area contributed by atoms with Gasteiger partial charge in [-0.1, -0.05) is 6.58 Å². The molecule has 8 heteroatoms. The molecule has 0 aliphatic rings. The van der Waals surface area contributed by atoms with Crippen LogP contribution in [0.3, 0.4) is 0 Å². The molecule has 0 unspecified atom stereocenters. The second-order valence-corrected chi connectivity index (χ2v) is 2.45. The number of methoxy groups -OCH3 is 1. The number of amides is 2. The normalized spacial score (nSPS) is 7.47. The zero-order valence-electron chi connectivity index (χ0n) is 9.80. The molecule has 0 spiro atoms. The topological polar surface area (TPSA) is 139 Å². The maximum Gasteiger partial charge on any atom is 0.327 e. The van der Waals surface area contributed by atoms with Crippen molar-refractivity contribution in [3.05, 3.63) is 12.7 Å². The predicted octanol–water partition coefficient (Wildman–Crippen LogP) is -0.723. The second-order valence-electron chi connectivity index (χ2n) is 2.45. The van der Waals surface area contributed by atoms with Crippen LogP contribution in [0.1, 0.15) is 12.8 Å². The summed E-state index contributed by atoms with van der Waals surface area (Å²) >= 11 is 0. The fraction of sp³-hybridized carbons (Fsp3) is 0.444. The van der Waals surface area contributed by atoms with E-state index in [0.717, 1.165) is 6.08 Å². The van der Waals surface area contributed by atoms with Crippen LogP contribution < -0.4 is 11.2 Å². The molecule has 8 nitrogen and oxygen atoms in total. The standard InChI is InChI=1S/C4H8N2O3.C3H4O2.C2H6O/c5-3(7)1-2-4(8)6-9;1-2-3(4)5;1-3-2/h9H,1-2H2,(H2,5,7)(H,6,8);2H,1H2,(H,4,5);1-2H3. The van der Waals surface area contributed by atoms with E-state index in [9.17, 15) is 14.4 Å². The number of carboxylic acid groups (broad SMARTS) is 1. The number of carbonyl (C=O) groups is 3. The molecule has 17 heavy (non-hydrogen) atoms. The van der Waals surface area contributed by atoms with Gasteiger partial charge >= 0.3 is 5.97 Å². The molecular formula is C9H18N2O6. The summed E-state index contributed by atoms with van der Waals surface area (Å²) in [6.45, 7) is 2.96. The fourth-order valence-corrected chi connectivity index (χ4v) is 0.293. The molecule has 0 aliphatic carbocycles. The first-order valence-electron chi connectivity index (χ1n) is 4.32. The summed E-state index contributed by atoms with van der Waals surface area (Å²) in [5.74, 6) is -2.14. The third-order valence-electron chi connectivity index (χ3n) is 0.898. The molecule has 0 bridgehead atoms. The quantitative estimate of drug-likeness (QED) is 0.295. The Labute approximate surface area is 99.0 Å². The number of nitrogens with one attached hydrogen (secondary N) is 1.